The van der Waals surface area contributed by atoms with E-state index in [-0.39, 0.29) is 11.4 Å². The van der Waals surface area contributed by atoms with Crippen molar-refractivity contribution in [1.82, 2.24) is 5.32 Å². The van der Waals surface area contributed by atoms with Crippen LogP contribution in [0.25, 0.3) is 0 Å². The number of hydrogen-bond acceptors (Lipinski definition) is 1. The summed E-state index contributed by atoms with van der Waals surface area (Å²) in [7, 11) is 0. The molecule has 0 atom stereocenters. The van der Waals surface area contributed by atoms with E-state index in [2.05, 4.69) is 25.7 Å². The molecule has 1 aliphatic carbocycles. The molecule has 1 amide bonds. The Morgan fingerprint density at radius 3 is 2.56 bits per heavy atom. The van der Waals surface area contributed by atoms with Crippen molar-refractivity contribution in [3.8, 4) is 0 Å². The van der Waals surface area contributed by atoms with Crippen LogP contribution in [0.5, 0.6) is 0 Å². The fourth-order valence-electron chi connectivity index (χ4n) is 2.49. The number of carbonyl (C=O) groups excluding carboxylic acids is 1. The van der Waals surface area contributed by atoms with Gasteiger partial charge in [0.25, 0.3) is 0 Å². The van der Waals surface area contributed by atoms with Crippen molar-refractivity contribution in [2.24, 2.45) is 5.92 Å². The van der Waals surface area contributed by atoms with Crippen LogP contribution in [0, 0.1) is 5.92 Å². The molecule has 0 aromatic rings. The number of amides is 1. The smallest absolute Gasteiger partial charge is 0.243 e. The largest absolute Gasteiger partial charge is 0.348 e. The topological polar surface area (TPSA) is 29.1 Å². The predicted molar refractivity (Wildman–Crippen MR) is 68.2 cm³/mol. The minimum absolute atomic E-state index is 0.0614. The van der Waals surface area contributed by atoms with Crippen molar-refractivity contribution in [3.63, 3.8) is 0 Å². The summed E-state index contributed by atoms with van der Waals surface area (Å²) in [5.74, 6) is 0.822. The van der Waals surface area contributed by atoms with E-state index in [0.29, 0.717) is 0 Å². The third-order valence-corrected chi connectivity index (χ3v) is 3.55. The Labute approximate surface area is 99.5 Å². The van der Waals surface area contributed by atoms with Gasteiger partial charge in [0.15, 0.2) is 0 Å². The van der Waals surface area contributed by atoms with Crippen LogP contribution in [0.15, 0.2) is 12.7 Å². The molecule has 92 valence electrons. The maximum absolute atomic E-state index is 11.2. The lowest BCUT2D eigenvalue weighted by molar-refractivity contribution is -0.118. The lowest BCUT2D eigenvalue weighted by Gasteiger charge is -2.29. The van der Waals surface area contributed by atoms with Gasteiger partial charge in [-0.15, -0.1) is 0 Å². The number of hydrogen-bond donors (Lipinski definition) is 1. The molecule has 0 aromatic heterocycles. The first-order valence-corrected chi connectivity index (χ1v) is 6.48. The quantitative estimate of drug-likeness (QED) is 0.711. The highest BCUT2D eigenvalue weighted by Crippen LogP contribution is 2.29. The van der Waals surface area contributed by atoms with Crippen molar-refractivity contribution in [2.45, 2.75) is 64.3 Å². The first-order chi connectivity index (χ1) is 7.53. The molecule has 2 nitrogen and oxygen atoms in total. The Kier molecular flexibility index (Phi) is 5.04. The van der Waals surface area contributed by atoms with Crippen molar-refractivity contribution < 1.29 is 4.79 Å². The molecule has 1 saturated carbocycles. The highest BCUT2D eigenvalue weighted by molar-refractivity contribution is 5.87. The van der Waals surface area contributed by atoms with Gasteiger partial charge in [-0.25, -0.2) is 0 Å². The molecule has 2 heteroatoms. The highest BCUT2D eigenvalue weighted by atomic mass is 16.1. The van der Waals surface area contributed by atoms with E-state index < -0.39 is 0 Å². The van der Waals surface area contributed by atoms with E-state index in [1.165, 1.54) is 44.6 Å². The second-order valence-electron chi connectivity index (χ2n) is 5.62. The fraction of sp³-hybridized carbons (Fsp3) is 0.786. The standard InChI is InChI=1S/C14H25NO/c1-4-13(16)15-14(2,3)11-10-12-8-6-5-7-9-12/h4,12H,1,5-11H2,2-3H3,(H,15,16). The SMILES string of the molecule is C=CC(=O)NC(C)(C)CCC1CCCCC1. The average molecular weight is 223 g/mol. The van der Waals surface area contributed by atoms with Crippen LogP contribution in [0.2, 0.25) is 0 Å². The fourth-order valence-corrected chi connectivity index (χ4v) is 2.49. The molecule has 0 spiro atoms. The van der Waals surface area contributed by atoms with Crippen LogP contribution >= 0.6 is 0 Å². The summed E-state index contributed by atoms with van der Waals surface area (Å²) in [6, 6.07) is 0. The molecule has 1 aliphatic rings. The highest BCUT2D eigenvalue weighted by Gasteiger charge is 2.22. The van der Waals surface area contributed by atoms with Gasteiger partial charge < -0.3 is 5.32 Å². The number of rotatable bonds is 5. The van der Waals surface area contributed by atoms with E-state index in [0.717, 1.165) is 12.3 Å². The van der Waals surface area contributed by atoms with Gasteiger partial charge in [-0.1, -0.05) is 38.7 Å². The molecule has 0 aromatic carbocycles. The molecule has 1 rings (SSSR count). The molecule has 1 fully saturated rings. The Hall–Kier alpha value is -0.790. The normalized spacial score (nSPS) is 18.1. The minimum Gasteiger partial charge on any atom is -0.348 e. The van der Waals surface area contributed by atoms with E-state index in [1.54, 1.807) is 0 Å². The van der Waals surface area contributed by atoms with Gasteiger partial charge in [0.1, 0.15) is 0 Å². The Morgan fingerprint density at radius 2 is 2.00 bits per heavy atom. The van der Waals surface area contributed by atoms with Crippen molar-refractivity contribution in [2.75, 3.05) is 0 Å². The molecule has 0 aliphatic heterocycles. The maximum atomic E-state index is 11.2. The van der Waals surface area contributed by atoms with Crippen molar-refractivity contribution >= 4 is 5.91 Å². The van der Waals surface area contributed by atoms with E-state index >= 15 is 0 Å². The van der Waals surface area contributed by atoms with Gasteiger partial charge in [-0.2, -0.15) is 0 Å². The minimum atomic E-state index is -0.0945. The molecule has 0 heterocycles. The van der Waals surface area contributed by atoms with Crippen LogP contribution in [-0.2, 0) is 4.79 Å². The zero-order valence-electron chi connectivity index (χ0n) is 10.7. The van der Waals surface area contributed by atoms with Crippen LogP contribution < -0.4 is 5.32 Å². The second-order valence-corrected chi connectivity index (χ2v) is 5.62. The summed E-state index contributed by atoms with van der Waals surface area (Å²) < 4.78 is 0. The first kappa shape index (κ1) is 13.3. The van der Waals surface area contributed by atoms with Gasteiger partial charge in [0, 0.05) is 5.54 Å². The van der Waals surface area contributed by atoms with Gasteiger partial charge in [-0.3, -0.25) is 4.79 Å². The average Bonchev–Trinajstić information content (AvgIpc) is 2.27. The number of nitrogens with one attached hydrogen (secondary N) is 1. The molecular formula is C14H25NO. The van der Waals surface area contributed by atoms with E-state index in [9.17, 15) is 4.79 Å². The summed E-state index contributed by atoms with van der Waals surface area (Å²) in [6.07, 6.45) is 10.6. The van der Waals surface area contributed by atoms with Crippen LogP contribution in [-0.4, -0.2) is 11.4 Å². The van der Waals surface area contributed by atoms with E-state index in [4.69, 9.17) is 0 Å². The summed E-state index contributed by atoms with van der Waals surface area (Å²) in [6.45, 7) is 7.67. The third kappa shape index (κ3) is 4.82. The van der Waals surface area contributed by atoms with Crippen LogP contribution in [0.1, 0.15) is 58.8 Å². The molecule has 0 unspecified atom stereocenters. The molecular weight excluding hydrogens is 198 g/mol. The molecule has 0 radical (unpaired) electrons. The third-order valence-electron chi connectivity index (χ3n) is 3.55. The molecule has 0 bridgehead atoms. The number of carbonyl (C=O) groups is 1. The molecule has 1 N–H and O–H groups in total. The van der Waals surface area contributed by atoms with E-state index in [1.807, 2.05) is 0 Å². The Bertz CT molecular complexity index is 239. The maximum Gasteiger partial charge on any atom is 0.243 e. The van der Waals surface area contributed by atoms with Gasteiger partial charge in [0.2, 0.25) is 5.91 Å². The second kappa shape index (κ2) is 6.07. The molecule has 16 heavy (non-hydrogen) atoms. The summed E-state index contributed by atoms with van der Waals surface area (Å²) in [5.41, 5.74) is -0.0945. The zero-order valence-corrected chi connectivity index (χ0v) is 10.7. The van der Waals surface area contributed by atoms with Crippen LogP contribution in [0.4, 0.5) is 0 Å². The summed E-state index contributed by atoms with van der Waals surface area (Å²) in [4.78, 5) is 11.2. The Morgan fingerprint density at radius 1 is 1.38 bits per heavy atom. The van der Waals surface area contributed by atoms with Gasteiger partial charge in [0.05, 0.1) is 0 Å². The zero-order chi connectivity index (χ0) is 12.0. The summed E-state index contributed by atoms with van der Waals surface area (Å²) >= 11 is 0. The monoisotopic (exact) mass is 223 g/mol. The Balaban J connectivity index is 2.28. The lowest BCUT2D eigenvalue weighted by atomic mass is 9.83. The van der Waals surface area contributed by atoms with Gasteiger partial charge >= 0.3 is 0 Å². The first-order valence-electron chi connectivity index (χ1n) is 6.48. The van der Waals surface area contributed by atoms with Crippen molar-refractivity contribution in [1.29, 1.82) is 0 Å². The van der Waals surface area contributed by atoms with Crippen molar-refractivity contribution in [3.05, 3.63) is 12.7 Å². The predicted octanol–water partition coefficient (Wildman–Crippen LogP) is 3.43. The van der Waals surface area contributed by atoms with Crippen LogP contribution in [0.3, 0.4) is 0 Å². The molecule has 0 saturated heterocycles. The summed E-state index contributed by atoms with van der Waals surface area (Å²) in [5, 5.41) is 2.99. The van der Waals surface area contributed by atoms with Gasteiger partial charge in [-0.05, 0) is 38.7 Å². The lowest BCUT2D eigenvalue weighted by Crippen LogP contribution is -2.42.